The number of halogens is 2. The Labute approximate surface area is 230 Å². The quantitative estimate of drug-likeness (QED) is 0.293. The molecule has 0 spiro atoms. The van der Waals surface area contributed by atoms with Gasteiger partial charge in [-0.25, -0.2) is 8.78 Å². The van der Waals surface area contributed by atoms with Crippen LogP contribution in [0.4, 0.5) is 8.78 Å². The fraction of sp³-hybridized carbons (Fsp3) is 0.562. The molecule has 5 unspecified atom stereocenters. The number of carbonyl (C=O) groups is 1. The number of nitrogens with zero attached hydrogens (tertiary/aromatic N) is 1. The van der Waals surface area contributed by atoms with E-state index in [1.54, 1.807) is 18.2 Å². The third kappa shape index (κ3) is 6.58. The van der Waals surface area contributed by atoms with E-state index in [0.29, 0.717) is 31.6 Å². The number of alkyl halides is 1. The molecule has 1 aromatic carbocycles. The molecule has 1 aromatic rings. The lowest BCUT2D eigenvalue weighted by atomic mass is 9.71. The van der Waals surface area contributed by atoms with E-state index in [1.807, 2.05) is 13.0 Å². The highest BCUT2D eigenvalue weighted by Gasteiger charge is 2.42. The third-order valence-corrected chi connectivity index (χ3v) is 8.86. The van der Waals surface area contributed by atoms with E-state index in [9.17, 15) is 18.7 Å². The van der Waals surface area contributed by atoms with Crippen molar-refractivity contribution in [1.29, 1.82) is 0 Å². The Hall–Kier alpha value is -2.64. The van der Waals surface area contributed by atoms with Crippen molar-refractivity contribution in [2.45, 2.75) is 95.6 Å². The van der Waals surface area contributed by atoms with Gasteiger partial charge in [0.25, 0.3) is 0 Å². The number of hydrogen-bond acceptors (Lipinski definition) is 4. The highest BCUT2D eigenvalue weighted by molar-refractivity contribution is 6.02. The van der Waals surface area contributed by atoms with Crippen molar-refractivity contribution < 1.29 is 23.4 Å². The molecule has 2 aliphatic heterocycles. The van der Waals surface area contributed by atoms with Crippen LogP contribution in [0.2, 0.25) is 0 Å². The van der Waals surface area contributed by atoms with Gasteiger partial charge in [0.2, 0.25) is 5.91 Å². The summed E-state index contributed by atoms with van der Waals surface area (Å²) in [7, 11) is 0. The number of epoxide rings is 1. The first-order valence-electron chi connectivity index (χ1n) is 14.4. The maximum absolute atomic E-state index is 14.1. The van der Waals surface area contributed by atoms with Gasteiger partial charge in [0.15, 0.2) is 5.79 Å². The molecule has 1 saturated heterocycles. The molecular weight excluding hydrogens is 498 g/mol. The molecule has 1 amide bonds. The van der Waals surface area contributed by atoms with Gasteiger partial charge >= 0.3 is 0 Å². The van der Waals surface area contributed by atoms with Crippen LogP contribution in [0.15, 0.2) is 58.8 Å². The topological polar surface area (TPSA) is 74.2 Å². The van der Waals surface area contributed by atoms with Gasteiger partial charge in [-0.3, -0.25) is 9.79 Å². The normalized spacial score (nSPS) is 32.2. The third-order valence-electron chi connectivity index (χ3n) is 8.86. The Bertz CT molecular complexity index is 1220. The number of fused-ring (bicyclic) bond motifs is 1. The smallest absolute Gasteiger partial charge is 0.231 e. The van der Waals surface area contributed by atoms with E-state index in [-0.39, 0.29) is 30.0 Å². The van der Waals surface area contributed by atoms with Crippen LogP contribution in [0.25, 0.3) is 0 Å². The minimum atomic E-state index is -1.06. The van der Waals surface area contributed by atoms with Crippen molar-refractivity contribution in [1.82, 2.24) is 5.32 Å². The molecule has 2 aliphatic carbocycles. The van der Waals surface area contributed by atoms with E-state index >= 15 is 0 Å². The van der Waals surface area contributed by atoms with Crippen LogP contribution >= 0.6 is 0 Å². The summed E-state index contributed by atoms with van der Waals surface area (Å²) in [5.41, 5.74) is 4.20. The maximum atomic E-state index is 14.1. The monoisotopic (exact) mass is 538 g/mol. The summed E-state index contributed by atoms with van der Waals surface area (Å²) in [4.78, 5) is 18.5. The lowest BCUT2D eigenvalue weighted by molar-refractivity contribution is -0.123. The molecule has 39 heavy (non-hydrogen) atoms. The molecule has 5 rings (SSSR count). The highest BCUT2D eigenvalue weighted by Crippen LogP contribution is 2.45. The lowest BCUT2D eigenvalue weighted by Crippen LogP contribution is -2.36. The van der Waals surface area contributed by atoms with Crippen LogP contribution in [0, 0.1) is 24.6 Å². The van der Waals surface area contributed by atoms with Gasteiger partial charge in [-0.1, -0.05) is 30.7 Å². The number of rotatable bonds is 8. The van der Waals surface area contributed by atoms with Gasteiger partial charge < -0.3 is 15.2 Å². The molecule has 5 nitrogen and oxygen atoms in total. The molecule has 2 N–H and O–H groups in total. The Morgan fingerprint density at radius 3 is 2.82 bits per heavy atom. The Morgan fingerprint density at radius 2 is 2.08 bits per heavy atom. The van der Waals surface area contributed by atoms with E-state index in [1.165, 1.54) is 12.1 Å². The second kappa shape index (κ2) is 11.5. The maximum Gasteiger partial charge on any atom is 0.231 e. The lowest BCUT2D eigenvalue weighted by Gasteiger charge is -2.40. The fourth-order valence-electron chi connectivity index (χ4n) is 6.53. The van der Waals surface area contributed by atoms with E-state index < -0.39 is 17.5 Å². The molecule has 2 heterocycles. The van der Waals surface area contributed by atoms with Crippen molar-refractivity contribution in [3.8, 4) is 0 Å². The molecule has 210 valence electrons. The minimum Gasteiger partial charge on any atom is -0.364 e. The Balaban J connectivity index is 1.38. The summed E-state index contributed by atoms with van der Waals surface area (Å²) in [6, 6.07) is 5.00. The molecule has 7 heteroatoms. The van der Waals surface area contributed by atoms with Crippen molar-refractivity contribution >= 4 is 11.6 Å². The van der Waals surface area contributed by atoms with Crippen LogP contribution in [-0.4, -0.2) is 35.3 Å². The molecule has 0 radical (unpaired) electrons. The van der Waals surface area contributed by atoms with Crippen molar-refractivity contribution in [3.63, 3.8) is 0 Å². The first-order valence-corrected chi connectivity index (χ1v) is 14.4. The zero-order valence-corrected chi connectivity index (χ0v) is 23.0. The zero-order chi connectivity index (χ0) is 27.6. The second-order valence-corrected chi connectivity index (χ2v) is 11.9. The van der Waals surface area contributed by atoms with Crippen molar-refractivity contribution in [2.24, 2.45) is 16.8 Å². The zero-order valence-electron chi connectivity index (χ0n) is 23.0. The molecule has 4 aliphatic rings. The molecular formula is C32H40F2N2O3. The number of allylic oxidation sites excluding steroid dienone is 5. The average Bonchev–Trinajstić information content (AvgIpc) is 3.62. The van der Waals surface area contributed by atoms with Crippen molar-refractivity contribution in [2.75, 3.05) is 6.61 Å². The molecule has 1 fully saturated rings. The van der Waals surface area contributed by atoms with E-state index in [2.05, 4.69) is 18.3 Å². The fourth-order valence-corrected chi connectivity index (χ4v) is 6.53. The Morgan fingerprint density at radius 1 is 1.26 bits per heavy atom. The number of hydrogen-bond donors (Lipinski definition) is 2. The van der Waals surface area contributed by atoms with Gasteiger partial charge in [0, 0.05) is 24.3 Å². The molecule has 0 bridgehead atoms. The molecule has 0 saturated carbocycles. The van der Waals surface area contributed by atoms with Crippen LogP contribution in [0.5, 0.6) is 0 Å². The summed E-state index contributed by atoms with van der Waals surface area (Å²) >= 11 is 0. The standard InChI is InChI=1S/C32H40F2N2O3/c1-21-17-26(34)13-14-28(21)31(2)24(8-3-4-16-32(38)20-39-32)9-5-7-22-18-23(12-15-29(22)36-31)30(37)35-27-11-6-10-25(33)19-27/h6,10-11,13-14,17-18,23-25,38H,3-5,7-9,12,15-16,19-20H2,1-2H3,(H,35,37). The minimum absolute atomic E-state index is 0.0892. The van der Waals surface area contributed by atoms with E-state index in [0.717, 1.165) is 60.9 Å². The number of aliphatic imine (C=N–C) groups is 1. The summed E-state index contributed by atoms with van der Waals surface area (Å²) in [5.74, 6) is -1.25. The summed E-state index contributed by atoms with van der Waals surface area (Å²) < 4.78 is 32.9. The van der Waals surface area contributed by atoms with E-state index in [4.69, 9.17) is 9.73 Å². The summed E-state index contributed by atoms with van der Waals surface area (Å²) in [6.07, 6.45) is 13.7. The number of benzene rings is 1. The highest BCUT2D eigenvalue weighted by atomic mass is 19.1. The Kier molecular flexibility index (Phi) is 8.20. The summed E-state index contributed by atoms with van der Waals surface area (Å²) in [5, 5.41) is 13.0. The van der Waals surface area contributed by atoms with Crippen molar-refractivity contribution in [3.05, 3.63) is 70.7 Å². The number of aliphatic hydroxyl groups is 1. The first kappa shape index (κ1) is 27.9. The predicted octanol–water partition coefficient (Wildman–Crippen LogP) is 6.50. The summed E-state index contributed by atoms with van der Waals surface area (Å²) in [6.45, 7) is 4.56. The number of aryl methyl sites for hydroxylation is 1. The SMILES string of the molecule is Cc1cc(F)ccc1C1(C)N=C2CCC(C(=O)NC3=CC=CC(F)C3)C=C2CCCC1CCCCC1(O)CO1. The van der Waals surface area contributed by atoms with Crippen LogP contribution in [0.1, 0.15) is 82.3 Å². The largest absolute Gasteiger partial charge is 0.364 e. The van der Waals surface area contributed by atoms with Gasteiger partial charge in [-0.2, -0.15) is 0 Å². The number of carbonyl (C=O) groups excluding carboxylic acids is 1. The number of nitrogens with one attached hydrogen (secondary N) is 1. The number of unbranched alkanes of at least 4 members (excludes halogenated alkanes) is 1. The van der Waals surface area contributed by atoms with Gasteiger partial charge in [0.05, 0.1) is 11.5 Å². The van der Waals surface area contributed by atoms with Crippen LogP contribution < -0.4 is 5.32 Å². The van der Waals surface area contributed by atoms with Gasteiger partial charge in [-0.15, -0.1) is 0 Å². The molecule has 0 aromatic heterocycles. The second-order valence-electron chi connectivity index (χ2n) is 11.9. The van der Waals surface area contributed by atoms with Gasteiger partial charge in [0.1, 0.15) is 18.6 Å². The van der Waals surface area contributed by atoms with Gasteiger partial charge in [-0.05, 0) is 99.6 Å². The number of amides is 1. The van der Waals surface area contributed by atoms with Crippen LogP contribution in [0.3, 0.4) is 0 Å². The van der Waals surface area contributed by atoms with Crippen LogP contribution in [-0.2, 0) is 15.1 Å². The number of ether oxygens (including phenoxy) is 1. The molecule has 5 atom stereocenters. The predicted molar refractivity (Wildman–Crippen MR) is 148 cm³/mol. The average molecular weight is 539 g/mol. The first-order chi connectivity index (χ1) is 18.6.